The SMILES string of the molecule is CNN1CCN(CC(=O)N2CCN(C)CC2)CC1. The predicted molar refractivity (Wildman–Crippen MR) is 71.1 cm³/mol. The van der Waals surface area contributed by atoms with Gasteiger partial charge in [0.25, 0.3) is 0 Å². The smallest absolute Gasteiger partial charge is 0.236 e. The lowest BCUT2D eigenvalue weighted by atomic mass is 10.3. The molecule has 2 rings (SSSR count). The van der Waals surface area contributed by atoms with Crippen LogP contribution in [0.2, 0.25) is 0 Å². The van der Waals surface area contributed by atoms with E-state index in [0.717, 1.165) is 52.4 Å². The Balaban J connectivity index is 1.71. The summed E-state index contributed by atoms with van der Waals surface area (Å²) in [4.78, 5) is 18.7. The van der Waals surface area contributed by atoms with Crippen LogP contribution < -0.4 is 5.43 Å². The lowest BCUT2D eigenvalue weighted by Crippen LogP contribution is -2.54. The van der Waals surface area contributed by atoms with Crippen molar-refractivity contribution in [2.75, 3.05) is 73.0 Å². The summed E-state index contributed by atoms with van der Waals surface area (Å²) in [5.74, 6) is 0.293. The van der Waals surface area contributed by atoms with Gasteiger partial charge in [-0.25, -0.2) is 5.01 Å². The quantitative estimate of drug-likeness (QED) is 0.666. The first kappa shape index (κ1) is 13.7. The van der Waals surface area contributed by atoms with Crippen molar-refractivity contribution in [3.05, 3.63) is 0 Å². The lowest BCUT2D eigenvalue weighted by Gasteiger charge is -2.36. The largest absolute Gasteiger partial charge is 0.339 e. The van der Waals surface area contributed by atoms with Crippen LogP contribution >= 0.6 is 0 Å². The normalized spacial score (nSPS) is 24.4. The van der Waals surface area contributed by atoms with E-state index in [4.69, 9.17) is 0 Å². The molecule has 0 aromatic heterocycles. The molecule has 0 aromatic rings. The first-order valence-corrected chi connectivity index (χ1v) is 6.80. The molecule has 0 spiro atoms. The van der Waals surface area contributed by atoms with Gasteiger partial charge < -0.3 is 9.80 Å². The van der Waals surface area contributed by atoms with Crippen LogP contribution in [-0.4, -0.2) is 98.6 Å². The highest BCUT2D eigenvalue weighted by Crippen LogP contribution is 2.03. The maximum Gasteiger partial charge on any atom is 0.236 e. The minimum absolute atomic E-state index is 0.293. The molecule has 2 aliphatic heterocycles. The number of carbonyl (C=O) groups is 1. The number of hydrogen-bond acceptors (Lipinski definition) is 5. The highest BCUT2D eigenvalue weighted by atomic mass is 16.2. The molecular weight excluding hydrogens is 230 g/mol. The first-order chi connectivity index (χ1) is 8.69. The fraction of sp³-hybridized carbons (Fsp3) is 0.917. The first-order valence-electron chi connectivity index (χ1n) is 6.80. The summed E-state index contributed by atoms with van der Waals surface area (Å²) < 4.78 is 0. The number of hydrogen-bond donors (Lipinski definition) is 1. The Labute approximate surface area is 109 Å². The van der Waals surface area contributed by atoms with Gasteiger partial charge in [0.2, 0.25) is 5.91 Å². The van der Waals surface area contributed by atoms with Crippen molar-refractivity contribution < 1.29 is 4.79 Å². The monoisotopic (exact) mass is 255 g/mol. The van der Waals surface area contributed by atoms with E-state index in [2.05, 4.69) is 27.3 Å². The van der Waals surface area contributed by atoms with Crippen LogP contribution in [0.3, 0.4) is 0 Å². The molecule has 6 heteroatoms. The minimum Gasteiger partial charge on any atom is -0.339 e. The van der Waals surface area contributed by atoms with E-state index in [1.807, 2.05) is 11.9 Å². The summed E-state index contributed by atoms with van der Waals surface area (Å²) in [6.07, 6.45) is 0. The zero-order chi connectivity index (χ0) is 13.0. The number of rotatable bonds is 3. The third-order valence-electron chi connectivity index (χ3n) is 3.90. The zero-order valence-corrected chi connectivity index (χ0v) is 11.6. The number of hydrazine groups is 1. The van der Waals surface area contributed by atoms with Gasteiger partial charge in [-0.2, -0.15) is 0 Å². The zero-order valence-electron chi connectivity index (χ0n) is 11.6. The maximum atomic E-state index is 12.2. The van der Waals surface area contributed by atoms with E-state index in [0.29, 0.717) is 12.5 Å². The molecule has 104 valence electrons. The van der Waals surface area contributed by atoms with Crippen molar-refractivity contribution in [1.29, 1.82) is 0 Å². The van der Waals surface area contributed by atoms with E-state index in [1.165, 1.54) is 0 Å². The second-order valence-corrected chi connectivity index (χ2v) is 5.17. The van der Waals surface area contributed by atoms with Gasteiger partial charge >= 0.3 is 0 Å². The molecule has 6 nitrogen and oxygen atoms in total. The van der Waals surface area contributed by atoms with Crippen molar-refractivity contribution in [3.8, 4) is 0 Å². The van der Waals surface area contributed by atoms with Crippen LogP contribution in [0, 0.1) is 0 Å². The number of carbonyl (C=O) groups excluding carboxylic acids is 1. The summed E-state index contributed by atoms with van der Waals surface area (Å²) in [7, 11) is 4.06. The Hall–Kier alpha value is -0.690. The summed E-state index contributed by atoms with van der Waals surface area (Å²) in [5.41, 5.74) is 3.15. The second-order valence-electron chi connectivity index (χ2n) is 5.17. The molecule has 1 N–H and O–H groups in total. The topological polar surface area (TPSA) is 42.1 Å². The van der Waals surface area contributed by atoms with Crippen molar-refractivity contribution in [2.45, 2.75) is 0 Å². The van der Waals surface area contributed by atoms with Crippen LogP contribution in [0.5, 0.6) is 0 Å². The average molecular weight is 255 g/mol. The van der Waals surface area contributed by atoms with Gasteiger partial charge in [-0.1, -0.05) is 0 Å². The molecule has 0 atom stereocenters. The van der Waals surface area contributed by atoms with Crippen LogP contribution in [0.4, 0.5) is 0 Å². The van der Waals surface area contributed by atoms with Crippen molar-refractivity contribution >= 4 is 5.91 Å². The Kier molecular flexibility index (Phi) is 4.94. The highest BCUT2D eigenvalue weighted by Gasteiger charge is 2.23. The lowest BCUT2D eigenvalue weighted by molar-refractivity contribution is -0.134. The van der Waals surface area contributed by atoms with Crippen molar-refractivity contribution in [1.82, 2.24) is 25.1 Å². The molecule has 0 bridgehead atoms. The predicted octanol–water partition coefficient (Wildman–Crippen LogP) is -1.49. The van der Waals surface area contributed by atoms with Gasteiger partial charge in [-0.15, -0.1) is 0 Å². The molecule has 2 heterocycles. The Bertz CT molecular complexity index is 270. The summed E-state index contributed by atoms with van der Waals surface area (Å²) in [6, 6.07) is 0. The molecule has 2 fully saturated rings. The second kappa shape index (κ2) is 6.47. The number of nitrogens with zero attached hydrogens (tertiary/aromatic N) is 4. The van der Waals surface area contributed by atoms with Crippen molar-refractivity contribution in [2.24, 2.45) is 0 Å². The van der Waals surface area contributed by atoms with E-state index in [-0.39, 0.29) is 0 Å². The van der Waals surface area contributed by atoms with E-state index in [9.17, 15) is 4.79 Å². The molecule has 18 heavy (non-hydrogen) atoms. The van der Waals surface area contributed by atoms with Gasteiger partial charge in [0.05, 0.1) is 6.54 Å². The summed E-state index contributed by atoms with van der Waals surface area (Å²) in [6.45, 7) is 8.27. The van der Waals surface area contributed by atoms with Crippen molar-refractivity contribution in [3.63, 3.8) is 0 Å². The van der Waals surface area contributed by atoms with Crippen LogP contribution in [0.25, 0.3) is 0 Å². The van der Waals surface area contributed by atoms with E-state index in [1.54, 1.807) is 0 Å². The number of piperazine rings is 2. The molecule has 0 radical (unpaired) electrons. The van der Waals surface area contributed by atoms with Gasteiger partial charge in [0, 0.05) is 52.4 Å². The summed E-state index contributed by atoms with van der Waals surface area (Å²) in [5, 5.41) is 2.19. The van der Waals surface area contributed by atoms with Gasteiger partial charge in [0.1, 0.15) is 0 Å². The maximum absolute atomic E-state index is 12.2. The standard InChI is InChI=1S/C12H25N5O/c1-13-17-9-5-15(6-10-17)11-12(18)16-7-3-14(2)4-8-16/h13H,3-11H2,1-2H3. The molecular formula is C12H25N5O. The third kappa shape index (κ3) is 3.65. The number of likely N-dealkylation sites (N-methyl/N-ethyl adjacent to an activating group) is 1. The minimum atomic E-state index is 0.293. The van der Waals surface area contributed by atoms with Crippen LogP contribution in [0.15, 0.2) is 0 Å². The van der Waals surface area contributed by atoms with Gasteiger partial charge in [-0.3, -0.25) is 15.1 Å². The average Bonchev–Trinajstić information content (AvgIpc) is 2.40. The van der Waals surface area contributed by atoms with E-state index < -0.39 is 0 Å². The van der Waals surface area contributed by atoms with Gasteiger partial charge in [0.15, 0.2) is 0 Å². The molecule has 0 saturated carbocycles. The molecule has 2 aliphatic rings. The van der Waals surface area contributed by atoms with Gasteiger partial charge in [-0.05, 0) is 14.1 Å². The van der Waals surface area contributed by atoms with E-state index >= 15 is 0 Å². The molecule has 1 amide bonds. The molecule has 0 unspecified atom stereocenters. The summed E-state index contributed by atoms with van der Waals surface area (Å²) >= 11 is 0. The molecule has 0 aromatic carbocycles. The number of nitrogens with one attached hydrogen (secondary N) is 1. The fourth-order valence-electron chi connectivity index (χ4n) is 2.48. The Morgan fingerprint density at radius 2 is 1.61 bits per heavy atom. The third-order valence-corrected chi connectivity index (χ3v) is 3.90. The highest BCUT2D eigenvalue weighted by molar-refractivity contribution is 5.78. The number of amides is 1. The van der Waals surface area contributed by atoms with Crippen LogP contribution in [0.1, 0.15) is 0 Å². The van der Waals surface area contributed by atoms with Crippen LogP contribution in [-0.2, 0) is 4.79 Å². The Morgan fingerprint density at radius 1 is 1.00 bits per heavy atom. The molecule has 2 saturated heterocycles. The molecule has 0 aliphatic carbocycles. The Morgan fingerprint density at radius 3 is 2.17 bits per heavy atom. The fourth-order valence-corrected chi connectivity index (χ4v) is 2.48.